The fourth-order valence-corrected chi connectivity index (χ4v) is 2.70. The van der Waals surface area contributed by atoms with Gasteiger partial charge >= 0.3 is 0 Å². The average molecular weight is 248 g/mol. The maximum Gasteiger partial charge on any atom is 0.0584 e. The predicted molar refractivity (Wildman–Crippen MR) is 74.1 cm³/mol. The molecule has 0 spiro atoms. The van der Waals surface area contributed by atoms with Crippen molar-refractivity contribution in [1.29, 1.82) is 0 Å². The van der Waals surface area contributed by atoms with Crippen LogP contribution in [-0.2, 0) is 13.1 Å². The molecule has 100 valence electrons. The van der Waals surface area contributed by atoms with Crippen LogP contribution in [-0.4, -0.2) is 48.0 Å². The first-order valence-corrected chi connectivity index (χ1v) is 6.72. The summed E-state index contributed by atoms with van der Waals surface area (Å²) < 4.78 is 0. The third-order valence-corrected chi connectivity index (χ3v) is 3.82. The van der Waals surface area contributed by atoms with E-state index in [1.165, 1.54) is 24.9 Å². The molecule has 1 saturated heterocycles. The number of nitrogens with zero attached hydrogens (tertiary/aromatic N) is 3. The molecule has 2 heterocycles. The highest BCUT2D eigenvalue weighted by atomic mass is 15.2. The van der Waals surface area contributed by atoms with E-state index in [1.54, 1.807) is 0 Å². The highest BCUT2D eigenvalue weighted by Gasteiger charge is 2.21. The minimum Gasteiger partial charge on any atom is -0.325 e. The molecule has 0 radical (unpaired) electrons. The Labute approximate surface area is 110 Å². The van der Waals surface area contributed by atoms with Crippen LogP contribution in [0.4, 0.5) is 0 Å². The van der Waals surface area contributed by atoms with Gasteiger partial charge in [0.15, 0.2) is 0 Å². The average Bonchev–Trinajstić information content (AvgIpc) is 2.39. The summed E-state index contributed by atoms with van der Waals surface area (Å²) in [6.07, 6.45) is 4.40. The van der Waals surface area contributed by atoms with Gasteiger partial charge in [0.05, 0.1) is 5.69 Å². The predicted octanol–water partition coefficient (Wildman–Crippen LogP) is 1.07. The molecule has 4 nitrogen and oxygen atoms in total. The highest BCUT2D eigenvalue weighted by molar-refractivity contribution is 5.19. The van der Waals surface area contributed by atoms with Gasteiger partial charge in [0.2, 0.25) is 0 Å². The Balaban J connectivity index is 1.99. The van der Waals surface area contributed by atoms with E-state index in [-0.39, 0.29) is 0 Å². The lowest BCUT2D eigenvalue weighted by atomic mass is 10.0. The van der Waals surface area contributed by atoms with Crippen LogP contribution in [0.3, 0.4) is 0 Å². The van der Waals surface area contributed by atoms with Gasteiger partial charge in [0, 0.05) is 31.9 Å². The maximum atomic E-state index is 5.74. The fourth-order valence-electron chi connectivity index (χ4n) is 2.70. The summed E-state index contributed by atoms with van der Waals surface area (Å²) in [6.45, 7) is 3.85. The summed E-state index contributed by atoms with van der Waals surface area (Å²) in [7, 11) is 4.41. The van der Waals surface area contributed by atoms with E-state index < -0.39 is 0 Å². The smallest absolute Gasteiger partial charge is 0.0584 e. The Morgan fingerprint density at radius 1 is 1.56 bits per heavy atom. The second kappa shape index (κ2) is 6.27. The molecule has 1 unspecified atom stereocenters. The first-order valence-electron chi connectivity index (χ1n) is 6.72. The third-order valence-electron chi connectivity index (χ3n) is 3.82. The van der Waals surface area contributed by atoms with E-state index in [0.717, 1.165) is 18.8 Å². The van der Waals surface area contributed by atoms with E-state index >= 15 is 0 Å². The third kappa shape index (κ3) is 3.28. The zero-order valence-electron chi connectivity index (χ0n) is 11.5. The Hall–Kier alpha value is -0.970. The van der Waals surface area contributed by atoms with Gasteiger partial charge in [-0.25, -0.2) is 0 Å². The van der Waals surface area contributed by atoms with Crippen molar-refractivity contribution in [2.24, 2.45) is 5.73 Å². The first-order chi connectivity index (χ1) is 8.70. The number of hydrogen-bond acceptors (Lipinski definition) is 4. The molecule has 1 aliphatic heterocycles. The quantitative estimate of drug-likeness (QED) is 0.865. The lowest BCUT2D eigenvalue weighted by molar-refractivity contribution is 0.129. The normalized spacial score (nSPS) is 21.4. The van der Waals surface area contributed by atoms with Crippen molar-refractivity contribution in [3.8, 4) is 0 Å². The van der Waals surface area contributed by atoms with Gasteiger partial charge in [-0.15, -0.1) is 0 Å². The molecule has 0 bridgehead atoms. The Morgan fingerprint density at radius 3 is 3.11 bits per heavy atom. The van der Waals surface area contributed by atoms with Crippen LogP contribution in [0.15, 0.2) is 18.3 Å². The molecule has 18 heavy (non-hydrogen) atoms. The zero-order chi connectivity index (χ0) is 13.0. The number of pyridine rings is 1. The molecule has 1 aromatic heterocycles. The molecule has 1 atom stereocenters. The Kier molecular flexibility index (Phi) is 4.69. The standard InChI is InChI=1S/C14H24N4/c1-17-8-4-6-13(11-17)18(2)10-12-5-3-7-16-14(12)9-15/h3,5,7,13H,4,6,8-11,15H2,1-2H3. The van der Waals surface area contributed by atoms with Crippen LogP contribution >= 0.6 is 0 Å². The highest BCUT2D eigenvalue weighted by Crippen LogP contribution is 2.16. The van der Waals surface area contributed by atoms with Crippen molar-refractivity contribution >= 4 is 0 Å². The monoisotopic (exact) mass is 248 g/mol. The zero-order valence-corrected chi connectivity index (χ0v) is 11.5. The molecular formula is C14H24N4. The number of piperidine rings is 1. The van der Waals surface area contributed by atoms with Crippen molar-refractivity contribution in [2.75, 3.05) is 27.2 Å². The number of nitrogens with two attached hydrogens (primary N) is 1. The summed E-state index contributed by atoms with van der Waals surface area (Å²) in [4.78, 5) is 9.20. The number of likely N-dealkylation sites (N-methyl/N-ethyl adjacent to an activating group) is 2. The second-order valence-electron chi connectivity index (χ2n) is 5.29. The number of rotatable bonds is 4. The van der Waals surface area contributed by atoms with Gasteiger partial charge in [-0.05, 0) is 45.1 Å². The molecule has 0 saturated carbocycles. The first kappa shape index (κ1) is 13.5. The summed E-state index contributed by atoms with van der Waals surface area (Å²) >= 11 is 0. The minimum atomic E-state index is 0.522. The SMILES string of the molecule is CN1CCCC(N(C)Cc2cccnc2CN)C1. The summed E-state index contributed by atoms with van der Waals surface area (Å²) in [5.74, 6) is 0. The largest absolute Gasteiger partial charge is 0.325 e. The van der Waals surface area contributed by atoms with Crippen molar-refractivity contribution in [2.45, 2.75) is 32.0 Å². The molecule has 4 heteroatoms. The van der Waals surface area contributed by atoms with Gasteiger partial charge in [-0.2, -0.15) is 0 Å². The van der Waals surface area contributed by atoms with E-state index in [4.69, 9.17) is 5.73 Å². The molecule has 0 amide bonds. The molecule has 1 aromatic rings. The van der Waals surface area contributed by atoms with Crippen molar-refractivity contribution in [1.82, 2.24) is 14.8 Å². The molecule has 1 aliphatic rings. The van der Waals surface area contributed by atoms with Crippen LogP contribution in [0.25, 0.3) is 0 Å². The van der Waals surface area contributed by atoms with Gasteiger partial charge in [-0.1, -0.05) is 6.07 Å². The fraction of sp³-hybridized carbons (Fsp3) is 0.643. The van der Waals surface area contributed by atoms with Gasteiger partial charge in [0.1, 0.15) is 0 Å². The van der Waals surface area contributed by atoms with Crippen LogP contribution in [0, 0.1) is 0 Å². The van der Waals surface area contributed by atoms with Crippen LogP contribution < -0.4 is 5.73 Å². The number of aromatic nitrogens is 1. The molecule has 2 rings (SSSR count). The van der Waals surface area contributed by atoms with E-state index in [9.17, 15) is 0 Å². The van der Waals surface area contributed by atoms with E-state index in [1.807, 2.05) is 12.3 Å². The lowest BCUT2D eigenvalue weighted by Crippen LogP contribution is -2.44. The molecule has 1 fully saturated rings. The van der Waals surface area contributed by atoms with Crippen molar-refractivity contribution in [3.63, 3.8) is 0 Å². The van der Waals surface area contributed by atoms with E-state index in [2.05, 4.69) is 34.9 Å². The van der Waals surface area contributed by atoms with Crippen LogP contribution in [0.2, 0.25) is 0 Å². The number of likely N-dealkylation sites (tertiary alicyclic amines) is 1. The summed E-state index contributed by atoms with van der Waals surface area (Å²) in [5, 5.41) is 0. The number of hydrogen-bond donors (Lipinski definition) is 1. The van der Waals surface area contributed by atoms with Gasteiger partial charge in [-0.3, -0.25) is 9.88 Å². The van der Waals surface area contributed by atoms with Gasteiger partial charge < -0.3 is 10.6 Å². The minimum absolute atomic E-state index is 0.522. The van der Waals surface area contributed by atoms with Gasteiger partial charge in [0.25, 0.3) is 0 Å². The van der Waals surface area contributed by atoms with Crippen molar-refractivity contribution < 1.29 is 0 Å². The maximum absolute atomic E-state index is 5.74. The van der Waals surface area contributed by atoms with E-state index in [0.29, 0.717) is 12.6 Å². The lowest BCUT2D eigenvalue weighted by Gasteiger charge is -2.36. The topological polar surface area (TPSA) is 45.4 Å². The molecule has 0 aromatic carbocycles. The molecular weight excluding hydrogens is 224 g/mol. The summed E-state index contributed by atoms with van der Waals surface area (Å²) in [6, 6.07) is 4.78. The Bertz CT molecular complexity index is 380. The second-order valence-corrected chi connectivity index (χ2v) is 5.29. The molecule has 2 N–H and O–H groups in total. The molecule has 0 aliphatic carbocycles. The Morgan fingerprint density at radius 2 is 2.39 bits per heavy atom. The van der Waals surface area contributed by atoms with Crippen LogP contribution in [0.1, 0.15) is 24.1 Å². The van der Waals surface area contributed by atoms with Crippen LogP contribution in [0.5, 0.6) is 0 Å². The summed E-state index contributed by atoms with van der Waals surface area (Å²) in [5.41, 5.74) is 8.02. The van der Waals surface area contributed by atoms with Crippen molar-refractivity contribution in [3.05, 3.63) is 29.6 Å².